The summed E-state index contributed by atoms with van der Waals surface area (Å²) < 4.78 is 37.7. The van der Waals surface area contributed by atoms with E-state index in [1.807, 2.05) is 6.07 Å². The molecule has 0 saturated carbocycles. The highest BCUT2D eigenvalue weighted by atomic mass is 19.4. The number of hydrogen-bond acceptors (Lipinski definition) is 2. The Bertz CT molecular complexity index is 682. The maximum absolute atomic E-state index is 12.6. The van der Waals surface area contributed by atoms with Gasteiger partial charge in [0, 0.05) is 0 Å². The molecular formula is C15H9F3N2. The molecule has 0 N–H and O–H groups in total. The van der Waals surface area contributed by atoms with Crippen molar-refractivity contribution in [3.63, 3.8) is 0 Å². The summed E-state index contributed by atoms with van der Waals surface area (Å²) in [4.78, 5) is 4.01. The van der Waals surface area contributed by atoms with E-state index in [1.54, 1.807) is 30.3 Å². The zero-order valence-corrected chi connectivity index (χ0v) is 10.2. The molecule has 100 valence electrons. The molecule has 0 radical (unpaired) electrons. The smallest absolute Gasteiger partial charge is 0.238 e. The van der Waals surface area contributed by atoms with Crippen LogP contribution in [0.15, 0.2) is 42.5 Å². The Morgan fingerprint density at radius 3 is 2.50 bits per heavy atom. The van der Waals surface area contributed by atoms with Crippen LogP contribution in [0.25, 0.3) is 12.2 Å². The lowest BCUT2D eigenvalue weighted by Gasteiger charge is -2.06. The van der Waals surface area contributed by atoms with Gasteiger partial charge in [0.1, 0.15) is 11.8 Å². The van der Waals surface area contributed by atoms with Gasteiger partial charge in [0.25, 0.3) is 0 Å². The predicted octanol–water partition coefficient (Wildman–Crippen LogP) is 4.14. The minimum absolute atomic E-state index is 0.260. The van der Waals surface area contributed by atoms with E-state index >= 15 is 0 Å². The third-order valence-electron chi connectivity index (χ3n) is 2.55. The molecule has 0 spiro atoms. The summed E-state index contributed by atoms with van der Waals surface area (Å²) in [6, 6.07) is 11.8. The lowest BCUT2D eigenvalue weighted by molar-refractivity contribution is -0.137. The second-order valence-corrected chi connectivity index (χ2v) is 4.02. The topological polar surface area (TPSA) is 36.7 Å². The van der Waals surface area contributed by atoms with Gasteiger partial charge in [0.2, 0.25) is 0 Å². The van der Waals surface area contributed by atoms with Gasteiger partial charge in [-0.1, -0.05) is 24.3 Å². The summed E-state index contributed by atoms with van der Waals surface area (Å²) in [6.07, 6.45) is -1.27. The number of aromatic nitrogens is 1. The Labute approximate surface area is 113 Å². The summed E-state index contributed by atoms with van der Waals surface area (Å²) in [6.45, 7) is 0. The van der Waals surface area contributed by atoms with Gasteiger partial charge in [0.05, 0.1) is 11.3 Å². The SMILES string of the molecule is N#Cc1cccc(C=Cc2cccc(C(F)(F)F)c2)n1. The summed E-state index contributed by atoms with van der Waals surface area (Å²) in [5.41, 5.74) is 0.500. The Balaban J connectivity index is 2.25. The van der Waals surface area contributed by atoms with E-state index < -0.39 is 11.7 Å². The van der Waals surface area contributed by atoms with Gasteiger partial charge in [-0.15, -0.1) is 0 Å². The molecule has 0 atom stereocenters. The fourth-order valence-electron chi connectivity index (χ4n) is 1.61. The van der Waals surface area contributed by atoms with Gasteiger partial charge in [-0.25, -0.2) is 4.98 Å². The molecule has 0 fully saturated rings. The molecule has 2 nitrogen and oxygen atoms in total. The van der Waals surface area contributed by atoms with E-state index in [0.29, 0.717) is 11.3 Å². The van der Waals surface area contributed by atoms with Crippen LogP contribution in [0.5, 0.6) is 0 Å². The van der Waals surface area contributed by atoms with Crippen molar-refractivity contribution in [2.24, 2.45) is 0 Å². The normalized spacial score (nSPS) is 11.5. The van der Waals surface area contributed by atoms with Crippen LogP contribution in [-0.4, -0.2) is 4.98 Å². The van der Waals surface area contributed by atoms with Crippen LogP contribution in [-0.2, 0) is 6.18 Å². The number of hydrogen-bond donors (Lipinski definition) is 0. The standard InChI is InChI=1S/C15H9F3N2/c16-15(17,18)12-4-1-3-11(9-12)7-8-13-5-2-6-14(10-19)20-13/h1-9H. The Morgan fingerprint density at radius 1 is 1.05 bits per heavy atom. The average molecular weight is 274 g/mol. The molecule has 0 aliphatic rings. The zero-order valence-electron chi connectivity index (χ0n) is 10.2. The predicted molar refractivity (Wildman–Crippen MR) is 69.3 cm³/mol. The first kappa shape index (κ1) is 13.8. The van der Waals surface area contributed by atoms with Crippen molar-refractivity contribution in [2.75, 3.05) is 0 Å². The number of pyridine rings is 1. The molecule has 1 aromatic heterocycles. The van der Waals surface area contributed by atoms with Crippen molar-refractivity contribution in [2.45, 2.75) is 6.18 Å². The van der Waals surface area contributed by atoms with Gasteiger partial charge in [-0.3, -0.25) is 0 Å². The molecule has 0 amide bonds. The van der Waals surface area contributed by atoms with Gasteiger partial charge >= 0.3 is 6.18 Å². The largest absolute Gasteiger partial charge is 0.416 e. The Kier molecular flexibility index (Phi) is 3.85. The maximum Gasteiger partial charge on any atom is 0.416 e. The van der Waals surface area contributed by atoms with E-state index in [9.17, 15) is 13.2 Å². The third-order valence-corrected chi connectivity index (χ3v) is 2.55. The Morgan fingerprint density at radius 2 is 1.80 bits per heavy atom. The zero-order chi connectivity index (χ0) is 14.6. The van der Waals surface area contributed by atoms with E-state index in [2.05, 4.69) is 4.98 Å². The van der Waals surface area contributed by atoms with Crippen LogP contribution in [0, 0.1) is 11.3 Å². The molecule has 5 heteroatoms. The van der Waals surface area contributed by atoms with E-state index in [4.69, 9.17) is 5.26 Å². The summed E-state index contributed by atoms with van der Waals surface area (Å²) in [5, 5.41) is 8.71. The number of benzene rings is 1. The van der Waals surface area contributed by atoms with E-state index in [0.717, 1.165) is 12.1 Å². The first-order valence-electron chi connectivity index (χ1n) is 5.71. The molecular weight excluding hydrogens is 265 g/mol. The van der Waals surface area contributed by atoms with Crippen LogP contribution >= 0.6 is 0 Å². The molecule has 1 heterocycles. The monoisotopic (exact) mass is 274 g/mol. The number of nitriles is 1. The summed E-state index contributed by atoms with van der Waals surface area (Å²) >= 11 is 0. The average Bonchev–Trinajstić information content (AvgIpc) is 2.45. The number of alkyl halides is 3. The molecule has 0 aliphatic heterocycles. The van der Waals surface area contributed by atoms with Crippen LogP contribution in [0.3, 0.4) is 0 Å². The van der Waals surface area contributed by atoms with Crippen molar-refractivity contribution in [3.8, 4) is 6.07 Å². The molecule has 0 saturated heterocycles. The van der Waals surface area contributed by atoms with Crippen LogP contribution in [0.2, 0.25) is 0 Å². The first-order chi connectivity index (χ1) is 9.49. The minimum Gasteiger partial charge on any atom is -0.238 e. The quantitative estimate of drug-likeness (QED) is 0.825. The van der Waals surface area contributed by atoms with Crippen molar-refractivity contribution in [1.29, 1.82) is 5.26 Å². The van der Waals surface area contributed by atoms with Crippen LogP contribution in [0.4, 0.5) is 13.2 Å². The lowest BCUT2D eigenvalue weighted by atomic mass is 10.1. The number of halogens is 3. The molecule has 20 heavy (non-hydrogen) atoms. The van der Waals surface area contributed by atoms with E-state index in [-0.39, 0.29) is 5.69 Å². The highest BCUT2D eigenvalue weighted by molar-refractivity contribution is 5.68. The summed E-state index contributed by atoms with van der Waals surface area (Å²) in [7, 11) is 0. The maximum atomic E-state index is 12.6. The Hall–Kier alpha value is -2.61. The molecule has 0 unspecified atom stereocenters. The molecule has 1 aromatic carbocycles. The highest BCUT2D eigenvalue weighted by Crippen LogP contribution is 2.29. The number of rotatable bonds is 2. The van der Waals surface area contributed by atoms with Gasteiger partial charge in [-0.05, 0) is 35.9 Å². The van der Waals surface area contributed by atoms with Crippen LogP contribution in [0.1, 0.15) is 22.5 Å². The second-order valence-electron chi connectivity index (χ2n) is 4.02. The van der Waals surface area contributed by atoms with Crippen molar-refractivity contribution >= 4 is 12.2 Å². The number of nitrogens with zero attached hydrogens (tertiary/aromatic N) is 2. The van der Waals surface area contributed by atoms with Gasteiger partial charge < -0.3 is 0 Å². The lowest BCUT2D eigenvalue weighted by Crippen LogP contribution is -2.04. The minimum atomic E-state index is -4.36. The molecule has 2 rings (SSSR count). The van der Waals surface area contributed by atoms with Crippen LogP contribution < -0.4 is 0 Å². The third kappa shape index (κ3) is 3.45. The van der Waals surface area contributed by atoms with Gasteiger partial charge in [0.15, 0.2) is 0 Å². The van der Waals surface area contributed by atoms with Crippen molar-refractivity contribution in [1.82, 2.24) is 4.98 Å². The van der Waals surface area contributed by atoms with E-state index in [1.165, 1.54) is 12.1 Å². The molecule has 0 aliphatic carbocycles. The van der Waals surface area contributed by atoms with Crippen molar-refractivity contribution in [3.05, 3.63) is 65.0 Å². The van der Waals surface area contributed by atoms with Crippen molar-refractivity contribution < 1.29 is 13.2 Å². The fourth-order valence-corrected chi connectivity index (χ4v) is 1.61. The first-order valence-corrected chi connectivity index (χ1v) is 5.71. The highest BCUT2D eigenvalue weighted by Gasteiger charge is 2.30. The second kappa shape index (κ2) is 5.57. The van der Waals surface area contributed by atoms with Gasteiger partial charge in [-0.2, -0.15) is 18.4 Å². The molecule has 2 aromatic rings. The summed E-state index contributed by atoms with van der Waals surface area (Å²) in [5.74, 6) is 0. The fraction of sp³-hybridized carbons (Fsp3) is 0.0667. The molecule has 0 bridgehead atoms.